The van der Waals surface area contributed by atoms with Gasteiger partial charge in [0.1, 0.15) is 12.4 Å². The molecule has 3 aromatic rings. The second-order valence-electron chi connectivity index (χ2n) is 6.93. The van der Waals surface area contributed by atoms with Crippen LogP contribution in [0.25, 0.3) is 11.0 Å². The lowest BCUT2D eigenvalue weighted by Gasteiger charge is -2.23. The number of carbonyl (C=O) groups excluding carboxylic acids is 1. The quantitative estimate of drug-likeness (QED) is 0.799. The highest BCUT2D eigenvalue weighted by molar-refractivity contribution is 5.78. The Bertz CT molecular complexity index is 939. The first kappa shape index (κ1) is 15.9. The summed E-state index contributed by atoms with van der Waals surface area (Å²) in [6.07, 6.45) is 3.71. The van der Waals surface area contributed by atoms with Crippen LogP contribution in [0, 0.1) is 20.8 Å². The predicted octanol–water partition coefficient (Wildman–Crippen LogP) is 3.05. The van der Waals surface area contributed by atoms with Gasteiger partial charge < -0.3 is 14.5 Å². The number of aromatic nitrogens is 4. The molecule has 1 amide bonds. The molecule has 130 valence electrons. The van der Waals surface area contributed by atoms with Gasteiger partial charge in [-0.2, -0.15) is 0 Å². The summed E-state index contributed by atoms with van der Waals surface area (Å²) in [5, 5.41) is 0. The molecule has 1 N–H and O–H groups in total. The normalized spacial score (nSPS) is 17.6. The maximum Gasteiger partial charge on any atom is 0.243 e. The number of likely N-dealkylation sites (tertiary alicyclic amines) is 1. The molecule has 1 fully saturated rings. The van der Waals surface area contributed by atoms with Crippen LogP contribution in [-0.2, 0) is 11.3 Å². The maximum atomic E-state index is 12.9. The van der Waals surface area contributed by atoms with Gasteiger partial charge in [-0.05, 0) is 51.3 Å². The fourth-order valence-electron chi connectivity index (χ4n) is 3.59. The fraction of sp³-hybridized carbons (Fsp3) is 0.421. The molecule has 0 spiro atoms. The monoisotopic (exact) mass is 337 g/mol. The molecule has 25 heavy (non-hydrogen) atoms. The topological polar surface area (TPSA) is 66.8 Å². The van der Waals surface area contributed by atoms with Crippen LogP contribution in [0.3, 0.4) is 0 Å². The molecule has 6 nitrogen and oxygen atoms in total. The van der Waals surface area contributed by atoms with Crippen molar-refractivity contribution < 1.29 is 4.79 Å². The zero-order valence-electron chi connectivity index (χ0n) is 14.9. The van der Waals surface area contributed by atoms with Crippen LogP contribution in [0.1, 0.15) is 41.7 Å². The van der Waals surface area contributed by atoms with E-state index >= 15 is 0 Å². The summed E-state index contributed by atoms with van der Waals surface area (Å²) in [6, 6.07) is 6.23. The SMILES string of the molecule is Cc1ccc2nc(C3CCCN3C(=O)Cn3cnc(C)c3C)[nH]c2c1. The Balaban J connectivity index is 1.58. The Kier molecular flexibility index (Phi) is 3.82. The Morgan fingerprint density at radius 2 is 2.16 bits per heavy atom. The first-order valence-corrected chi connectivity index (χ1v) is 8.77. The zero-order valence-corrected chi connectivity index (χ0v) is 14.9. The van der Waals surface area contributed by atoms with Crippen LogP contribution in [0.5, 0.6) is 0 Å². The lowest BCUT2D eigenvalue weighted by atomic mass is 10.2. The summed E-state index contributed by atoms with van der Waals surface area (Å²) in [7, 11) is 0. The van der Waals surface area contributed by atoms with Crippen LogP contribution in [0.2, 0.25) is 0 Å². The minimum atomic E-state index is 0.0325. The molecule has 3 heterocycles. The molecule has 1 unspecified atom stereocenters. The Labute approximate surface area is 146 Å². The van der Waals surface area contributed by atoms with Crippen molar-refractivity contribution in [3.05, 3.63) is 47.3 Å². The van der Waals surface area contributed by atoms with Gasteiger partial charge in [0, 0.05) is 12.2 Å². The Morgan fingerprint density at radius 1 is 1.32 bits per heavy atom. The van der Waals surface area contributed by atoms with Gasteiger partial charge in [0.05, 0.1) is 29.1 Å². The van der Waals surface area contributed by atoms with Crippen molar-refractivity contribution in [2.45, 2.75) is 46.2 Å². The smallest absolute Gasteiger partial charge is 0.243 e. The molecule has 0 saturated carbocycles. The average molecular weight is 337 g/mol. The highest BCUT2D eigenvalue weighted by Gasteiger charge is 2.32. The Hall–Kier alpha value is -2.63. The average Bonchev–Trinajstić information content (AvgIpc) is 3.28. The van der Waals surface area contributed by atoms with Gasteiger partial charge in [0.2, 0.25) is 5.91 Å². The maximum absolute atomic E-state index is 12.9. The number of imidazole rings is 2. The number of benzene rings is 1. The second-order valence-corrected chi connectivity index (χ2v) is 6.93. The number of fused-ring (bicyclic) bond motifs is 1. The van der Waals surface area contributed by atoms with Crippen LogP contribution >= 0.6 is 0 Å². The number of hydrogen-bond donors (Lipinski definition) is 1. The summed E-state index contributed by atoms with van der Waals surface area (Å²) in [5.74, 6) is 1.02. The van der Waals surface area contributed by atoms with Gasteiger partial charge in [0.15, 0.2) is 0 Å². The number of carbonyl (C=O) groups is 1. The number of aryl methyl sites for hydroxylation is 2. The van der Waals surface area contributed by atoms with Gasteiger partial charge in [-0.25, -0.2) is 9.97 Å². The largest absolute Gasteiger partial charge is 0.340 e. The van der Waals surface area contributed by atoms with E-state index in [9.17, 15) is 4.79 Å². The minimum Gasteiger partial charge on any atom is -0.340 e. The van der Waals surface area contributed by atoms with Crippen molar-refractivity contribution in [1.82, 2.24) is 24.4 Å². The highest BCUT2D eigenvalue weighted by Crippen LogP contribution is 2.31. The fourth-order valence-corrected chi connectivity index (χ4v) is 3.59. The van der Waals surface area contributed by atoms with E-state index in [-0.39, 0.29) is 11.9 Å². The highest BCUT2D eigenvalue weighted by atomic mass is 16.2. The summed E-state index contributed by atoms with van der Waals surface area (Å²) in [4.78, 5) is 27.3. The second kappa shape index (κ2) is 6.02. The number of amides is 1. The van der Waals surface area contributed by atoms with E-state index in [2.05, 4.69) is 29.0 Å². The molecular weight excluding hydrogens is 314 g/mol. The molecule has 1 aliphatic heterocycles. The van der Waals surface area contributed by atoms with Gasteiger partial charge in [0.25, 0.3) is 0 Å². The van der Waals surface area contributed by atoms with Crippen molar-refractivity contribution in [1.29, 1.82) is 0 Å². The molecule has 1 aromatic carbocycles. The van der Waals surface area contributed by atoms with E-state index < -0.39 is 0 Å². The molecule has 1 saturated heterocycles. The third kappa shape index (κ3) is 2.81. The molecule has 0 radical (unpaired) electrons. The summed E-state index contributed by atoms with van der Waals surface area (Å²) >= 11 is 0. The van der Waals surface area contributed by atoms with Crippen LogP contribution in [-0.4, -0.2) is 36.9 Å². The number of H-pyrrole nitrogens is 1. The van der Waals surface area contributed by atoms with E-state index in [1.165, 1.54) is 5.56 Å². The van der Waals surface area contributed by atoms with Gasteiger partial charge in [-0.1, -0.05) is 6.07 Å². The Morgan fingerprint density at radius 3 is 2.92 bits per heavy atom. The van der Waals surface area contributed by atoms with E-state index in [4.69, 9.17) is 4.98 Å². The van der Waals surface area contributed by atoms with Crippen molar-refractivity contribution >= 4 is 16.9 Å². The van der Waals surface area contributed by atoms with Crippen molar-refractivity contribution in [3.63, 3.8) is 0 Å². The number of nitrogens with zero attached hydrogens (tertiary/aromatic N) is 4. The lowest BCUT2D eigenvalue weighted by Crippen LogP contribution is -2.34. The van der Waals surface area contributed by atoms with Crippen molar-refractivity contribution in [2.24, 2.45) is 0 Å². The number of aromatic amines is 1. The lowest BCUT2D eigenvalue weighted by molar-refractivity contribution is -0.132. The summed E-state index contributed by atoms with van der Waals surface area (Å²) < 4.78 is 1.93. The van der Waals surface area contributed by atoms with E-state index in [1.807, 2.05) is 29.4 Å². The molecule has 4 rings (SSSR count). The van der Waals surface area contributed by atoms with Crippen LogP contribution in [0.15, 0.2) is 24.5 Å². The summed E-state index contributed by atoms with van der Waals surface area (Å²) in [5.41, 5.74) is 5.21. The van der Waals surface area contributed by atoms with Crippen molar-refractivity contribution in [2.75, 3.05) is 6.54 Å². The molecule has 6 heteroatoms. The molecule has 0 aliphatic carbocycles. The standard InChI is InChI=1S/C19H23N5O/c1-12-6-7-15-16(9-12)22-19(21-15)17-5-4-8-24(17)18(25)10-23-11-20-13(2)14(23)3/h6-7,9,11,17H,4-5,8,10H2,1-3H3,(H,21,22). The van der Waals surface area contributed by atoms with Gasteiger partial charge >= 0.3 is 0 Å². The minimum absolute atomic E-state index is 0.0325. The first-order valence-electron chi connectivity index (χ1n) is 8.77. The molecule has 0 bridgehead atoms. The van der Waals surface area contributed by atoms with E-state index in [0.29, 0.717) is 6.54 Å². The third-order valence-electron chi connectivity index (χ3n) is 5.20. The number of hydrogen-bond acceptors (Lipinski definition) is 3. The number of rotatable bonds is 3. The zero-order chi connectivity index (χ0) is 17.6. The molecule has 1 aliphatic rings. The molecule has 2 aromatic heterocycles. The van der Waals surface area contributed by atoms with E-state index in [1.54, 1.807) is 6.33 Å². The summed E-state index contributed by atoms with van der Waals surface area (Å²) in [6.45, 7) is 7.15. The third-order valence-corrected chi connectivity index (χ3v) is 5.20. The van der Waals surface area contributed by atoms with Crippen LogP contribution < -0.4 is 0 Å². The van der Waals surface area contributed by atoms with Crippen LogP contribution in [0.4, 0.5) is 0 Å². The molecular formula is C19H23N5O. The van der Waals surface area contributed by atoms with Crippen molar-refractivity contribution in [3.8, 4) is 0 Å². The van der Waals surface area contributed by atoms with E-state index in [0.717, 1.165) is 47.6 Å². The molecule has 1 atom stereocenters. The number of nitrogens with one attached hydrogen (secondary N) is 1. The predicted molar refractivity (Wildman–Crippen MR) is 96.2 cm³/mol. The van der Waals surface area contributed by atoms with Gasteiger partial charge in [-0.3, -0.25) is 4.79 Å². The first-order chi connectivity index (χ1) is 12.0. The van der Waals surface area contributed by atoms with Gasteiger partial charge in [-0.15, -0.1) is 0 Å².